The minimum Gasteiger partial charge on any atom is -0.395 e. The smallest absolute Gasteiger partial charge is 0.0587 e. The van der Waals surface area contributed by atoms with Crippen LogP contribution in [-0.2, 0) is 0 Å². The lowest BCUT2D eigenvalue weighted by Gasteiger charge is -2.38. The first-order chi connectivity index (χ1) is 7.33. The number of aromatic nitrogens is 1. The number of likely N-dealkylation sites (tertiary alicyclic amines) is 1. The van der Waals surface area contributed by atoms with Crippen molar-refractivity contribution in [3.8, 4) is 0 Å². The van der Waals surface area contributed by atoms with E-state index < -0.39 is 0 Å². The van der Waals surface area contributed by atoms with Crippen LogP contribution in [0.5, 0.6) is 0 Å². The molecule has 0 amide bonds. The average Bonchev–Trinajstić information content (AvgIpc) is 2.81. The third kappa shape index (κ3) is 2.24. The molecule has 3 nitrogen and oxygen atoms in total. The highest BCUT2D eigenvalue weighted by Crippen LogP contribution is 2.27. The molecule has 1 saturated heterocycles. The largest absolute Gasteiger partial charge is 0.395 e. The Morgan fingerprint density at radius 1 is 1.60 bits per heavy atom. The number of rotatable bonds is 3. The second kappa shape index (κ2) is 4.81. The number of hydrogen-bond donors (Lipinski definition) is 2. The SMILES string of the molecule is C[C@@H](c1ccc[nH]1)N1CCCC[C@H]1CO. The summed E-state index contributed by atoms with van der Waals surface area (Å²) in [6.07, 6.45) is 5.59. The number of nitrogens with one attached hydrogen (secondary N) is 1. The highest BCUT2D eigenvalue weighted by Gasteiger charge is 2.26. The Morgan fingerprint density at radius 2 is 2.47 bits per heavy atom. The van der Waals surface area contributed by atoms with E-state index in [1.165, 1.54) is 18.5 Å². The molecule has 0 spiro atoms. The summed E-state index contributed by atoms with van der Waals surface area (Å²) >= 11 is 0. The van der Waals surface area contributed by atoms with Crippen LogP contribution in [0.15, 0.2) is 18.3 Å². The highest BCUT2D eigenvalue weighted by molar-refractivity contribution is 5.09. The molecule has 0 radical (unpaired) electrons. The Kier molecular flexibility index (Phi) is 3.44. The van der Waals surface area contributed by atoms with Crippen molar-refractivity contribution in [2.75, 3.05) is 13.2 Å². The third-order valence-electron chi connectivity index (χ3n) is 3.45. The molecule has 84 valence electrons. The van der Waals surface area contributed by atoms with Gasteiger partial charge in [-0.3, -0.25) is 4.90 Å². The number of aliphatic hydroxyl groups is 1. The van der Waals surface area contributed by atoms with Crippen molar-refractivity contribution < 1.29 is 5.11 Å². The summed E-state index contributed by atoms with van der Waals surface area (Å²) in [6, 6.07) is 4.88. The van der Waals surface area contributed by atoms with Gasteiger partial charge >= 0.3 is 0 Å². The summed E-state index contributed by atoms with van der Waals surface area (Å²) < 4.78 is 0. The molecule has 2 heterocycles. The van der Waals surface area contributed by atoms with Crippen molar-refractivity contribution in [3.05, 3.63) is 24.0 Å². The number of aromatic amines is 1. The number of aliphatic hydroxyl groups excluding tert-OH is 1. The maximum atomic E-state index is 9.36. The molecule has 0 saturated carbocycles. The van der Waals surface area contributed by atoms with Crippen LogP contribution in [0, 0.1) is 0 Å². The van der Waals surface area contributed by atoms with Gasteiger partial charge in [0.15, 0.2) is 0 Å². The van der Waals surface area contributed by atoms with E-state index >= 15 is 0 Å². The summed E-state index contributed by atoms with van der Waals surface area (Å²) in [6.45, 7) is 3.59. The maximum absolute atomic E-state index is 9.36. The van der Waals surface area contributed by atoms with Gasteiger partial charge in [0.25, 0.3) is 0 Å². The molecule has 0 unspecified atom stereocenters. The second-order valence-electron chi connectivity index (χ2n) is 4.37. The monoisotopic (exact) mass is 208 g/mol. The zero-order valence-electron chi connectivity index (χ0n) is 9.32. The van der Waals surface area contributed by atoms with Crippen molar-refractivity contribution in [1.82, 2.24) is 9.88 Å². The van der Waals surface area contributed by atoms with Gasteiger partial charge in [-0.15, -0.1) is 0 Å². The Labute approximate surface area is 91.1 Å². The predicted octanol–water partition coefficient (Wildman–Crippen LogP) is 1.92. The van der Waals surface area contributed by atoms with Gasteiger partial charge in [0, 0.05) is 24.0 Å². The van der Waals surface area contributed by atoms with E-state index in [2.05, 4.69) is 22.9 Å². The third-order valence-corrected chi connectivity index (χ3v) is 3.45. The molecule has 1 fully saturated rings. The Bertz CT molecular complexity index is 284. The van der Waals surface area contributed by atoms with Crippen molar-refractivity contribution in [3.63, 3.8) is 0 Å². The quantitative estimate of drug-likeness (QED) is 0.796. The van der Waals surface area contributed by atoms with E-state index in [9.17, 15) is 5.11 Å². The van der Waals surface area contributed by atoms with Crippen molar-refractivity contribution in [2.45, 2.75) is 38.3 Å². The summed E-state index contributed by atoms with van der Waals surface area (Å²) in [5.41, 5.74) is 1.25. The zero-order valence-corrected chi connectivity index (χ0v) is 9.32. The second-order valence-corrected chi connectivity index (χ2v) is 4.37. The van der Waals surface area contributed by atoms with E-state index in [1.807, 2.05) is 12.3 Å². The lowest BCUT2D eigenvalue weighted by atomic mass is 10.00. The Morgan fingerprint density at radius 3 is 3.13 bits per heavy atom. The van der Waals surface area contributed by atoms with Gasteiger partial charge in [-0.25, -0.2) is 0 Å². The van der Waals surface area contributed by atoms with Gasteiger partial charge in [-0.05, 0) is 38.4 Å². The predicted molar refractivity (Wildman–Crippen MR) is 60.6 cm³/mol. The number of nitrogens with zero attached hydrogens (tertiary/aromatic N) is 1. The molecule has 1 aliphatic rings. The molecule has 1 aromatic heterocycles. The summed E-state index contributed by atoms with van der Waals surface area (Å²) in [4.78, 5) is 5.67. The van der Waals surface area contributed by atoms with Crippen molar-refractivity contribution >= 4 is 0 Å². The van der Waals surface area contributed by atoms with Crippen LogP contribution in [0.4, 0.5) is 0 Å². The van der Waals surface area contributed by atoms with Crippen LogP contribution in [0.25, 0.3) is 0 Å². The van der Waals surface area contributed by atoms with Crippen LogP contribution in [0.1, 0.15) is 37.9 Å². The number of H-pyrrole nitrogens is 1. The van der Waals surface area contributed by atoms with E-state index in [1.54, 1.807) is 0 Å². The first-order valence-electron chi connectivity index (χ1n) is 5.83. The molecule has 2 atom stereocenters. The minimum atomic E-state index is 0.283. The van der Waals surface area contributed by atoms with Crippen LogP contribution >= 0.6 is 0 Å². The van der Waals surface area contributed by atoms with E-state index in [0.29, 0.717) is 12.1 Å². The molecule has 0 bridgehead atoms. The highest BCUT2D eigenvalue weighted by atomic mass is 16.3. The van der Waals surface area contributed by atoms with Gasteiger partial charge in [-0.2, -0.15) is 0 Å². The molecule has 1 aromatic rings. The number of hydrogen-bond acceptors (Lipinski definition) is 2. The van der Waals surface area contributed by atoms with Gasteiger partial charge < -0.3 is 10.1 Å². The van der Waals surface area contributed by atoms with Gasteiger partial charge in [0.1, 0.15) is 0 Å². The van der Waals surface area contributed by atoms with E-state index in [0.717, 1.165) is 13.0 Å². The first-order valence-corrected chi connectivity index (χ1v) is 5.83. The normalized spacial score (nSPS) is 25.3. The van der Waals surface area contributed by atoms with Gasteiger partial charge in [0.05, 0.1) is 6.61 Å². The molecule has 0 aromatic carbocycles. The van der Waals surface area contributed by atoms with Crippen LogP contribution in [-0.4, -0.2) is 34.2 Å². The Hall–Kier alpha value is -0.800. The molecule has 15 heavy (non-hydrogen) atoms. The summed E-state index contributed by atoms with van der Waals surface area (Å²) in [5.74, 6) is 0. The molecule has 1 aliphatic heterocycles. The van der Waals surface area contributed by atoms with Crippen molar-refractivity contribution in [1.29, 1.82) is 0 Å². The Balaban J connectivity index is 2.07. The van der Waals surface area contributed by atoms with Crippen molar-refractivity contribution in [2.24, 2.45) is 0 Å². The lowest BCUT2D eigenvalue weighted by molar-refractivity contribution is 0.0575. The fourth-order valence-corrected chi connectivity index (χ4v) is 2.51. The zero-order chi connectivity index (χ0) is 10.7. The summed E-state index contributed by atoms with van der Waals surface area (Å²) in [5, 5.41) is 9.36. The van der Waals surface area contributed by atoms with Crippen LogP contribution in [0.3, 0.4) is 0 Å². The standard InChI is InChI=1S/C12H20N2O/c1-10(12-6-4-7-13-12)14-8-3-2-5-11(14)9-15/h4,6-7,10-11,13,15H,2-3,5,8-9H2,1H3/t10-,11-/m0/s1. The topological polar surface area (TPSA) is 39.3 Å². The number of piperidine rings is 1. The lowest BCUT2D eigenvalue weighted by Crippen LogP contribution is -2.43. The molecule has 3 heteroatoms. The molecule has 2 rings (SSSR count). The van der Waals surface area contributed by atoms with Crippen LogP contribution < -0.4 is 0 Å². The minimum absolute atomic E-state index is 0.283. The summed E-state index contributed by atoms with van der Waals surface area (Å²) in [7, 11) is 0. The fraction of sp³-hybridized carbons (Fsp3) is 0.667. The molecular formula is C12H20N2O. The van der Waals surface area contributed by atoms with Gasteiger partial charge in [0.2, 0.25) is 0 Å². The molecular weight excluding hydrogens is 188 g/mol. The molecule has 2 N–H and O–H groups in total. The van der Waals surface area contributed by atoms with Crippen LogP contribution in [0.2, 0.25) is 0 Å². The van der Waals surface area contributed by atoms with E-state index in [-0.39, 0.29) is 6.61 Å². The average molecular weight is 208 g/mol. The van der Waals surface area contributed by atoms with E-state index in [4.69, 9.17) is 0 Å². The molecule has 0 aliphatic carbocycles. The van der Waals surface area contributed by atoms with Gasteiger partial charge in [-0.1, -0.05) is 6.42 Å². The fourth-order valence-electron chi connectivity index (χ4n) is 2.51. The first kappa shape index (κ1) is 10.7. The maximum Gasteiger partial charge on any atom is 0.0587 e.